The van der Waals surface area contributed by atoms with Crippen LogP contribution in [0.15, 0.2) is 29.1 Å². The predicted molar refractivity (Wildman–Crippen MR) is 63.4 cm³/mol. The molecule has 0 aliphatic heterocycles. The number of rotatable bonds is 1. The summed E-state index contributed by atoms with van der Waals surface area (Å²) in [4.78, 5) is 8.42. The Hall–Kier alpha value is -1.35. The maximum absolute atomic E-state index is 5.92. The van der Waals surface area contributed by atoms with Crippen molar-refractivity contribution in [2.24, 2.45) is 0 Å². The highest BCUT2D eigenvalue weighted by Gasteiger charge is 2.18. The third kappa shape index (κ3) is 2.25. The van der Waals surface area contributed by atoms with Crippen LogP contribution in [0, 0.1) is 0 Å². The number of furan rings is 1. The monoisotopic (exact) mass is 236 g/mol. The van der Waals surface area contributed by atoms with Crippen molar-refractivity contribution < 1.29 is 4.42 Å². The molecule has 2 rings (SSSR count). The molecule has 0 radical (unpaired) electrons. The van der Waals surface area contributed by atoms with Crippen molar-refractivity contribution in [1.29, 1.82) is 0 Å². The van der Waals surface area contributed by atoms with Gasteiger partial charge in [-0.15, -0.1) is 0 Å². The molecular formula is C12H13ClN2O. The van der Waals surface area contributed by atoms with Crippen molar-refractivity contribution >= 4 is 11.6 Å². The van der Waals surface area contributed by atoms with E-state index < -0.39 is 0 Å². The van der Waals surface area contributed by atoms with Crippen molar-refractivity contribution in [3.8, 4) is 11.3 Å². The van der Waals surface area contributed by atoms with Crippen molar-refractivity contribution in [3.63, 3.8) is 0 Å². The summed E-state index contributed by atoms with van der Waals surface area (Å²) < 4.78 is 5.03. The molecular weight excluding hydrogens is 224 g/mol. The van der Waals surface area contributed by atoms with E-state index in [0.717, 1.165) is 17.0 Å². The van der Waals surface area contributed by atoms with Gasteiger partial charge in [0.15, 0.2) is 0 Å². The lowest BCUT2D eigenvalue weighted by Crippen LogP contribution is -2.14. The maximum atomic E-state index is 5.92. The average Bonchev–Trinajstić information content (AvgIpc) is 2.68. The van der Waals surface area contributed by atoms with Gasteiger partial charge in [0, 0.05) is 11.0 Å². The molecule has 0 saturated heterocycles. The number of aromatic nitrogens is 2. The molecule has 2 aromatic rings. The summed E-state index contributed by atoms with van der Waals surface area (Å²) >= 11 is 5.92. The Bertz CT molecular complexity index is 486. The second-order valence-electron chi connectivity index (χ2n) is 4.67. The van der Waals surface area contributed by atoms with E-state index in [-0.39, 0.29) is 10.7 Å². The van der Waals surface area contributed by atoms with Crippen molar-refractivity contribution in [2.45, 2.75) is 26.2 Å². The van der Waals surface area contributed by atoms with E-state index in [1.54, 1.807) is 12.5 Å². The van der Waals surface area contributed by atoms with Gasteiger partial charge in [0.2, 0.25) is 5.28 Å². The van der Waals surface area contributed by atoms with E-state index in [1.165, 1.54) is 0 Å². The van der Waals surface area contributed by atoms with E-state index in [1.807, 2.05) is 12.1 Å². The molecule has 0 aromatic carbocycles. The fraction of sp³-hybridized carbons (Fsp3) is 0.333. The number of halogens is 1. The normalized spacial score (nSPS) is 11.8. The second kappa shape index (κ2) is 3.91. The lowest BCUT2D eigenvalue weighted by atomic mass is 9.91. The summed E-state index contributed by atoms with van der Waals surface area (Å²) in [7, 11) is 0. The number of hydrogen-bond acceptors (Lipinski definition) is 3. The minimum Gasteiger partial charge on any atom is -0.472 e. The molecule has 0 aliphatic rings. The molecule has 0 spiro atoms. The van der Waals surface area contributed by atoms with Crippen LogP contribution in [0.5, 0.6) is 0 Å². The zero-order valence-electron chi connectivity index (χ0n) is 9.49. The highest BCUT2D eigenvalue weighted by Crippen LogP contribution is 2.26. The summed E-state index contributed by atoms with van der Waals surface area (Å²) in [6.07, 6.45) is 3.26. The average molecular weight is 237 g/mol. The molecule has 0 N–H and O–H groups in total. The lowest BCUT2D eigenvalue weighted by Gasteiger charge is -2.18. The van der Waals surface area contributed by atoms with Gasteiger partial charge in [-0.1, -0.05) is 20.8 Å². The molecule has 16 heavy (non-hydrogen) atoms. The molecule has 0 fully saturated rings. The van der Waals surface area contributed by atoms with Crippen LogP contribution in [0.3, 0.4) is 0 Å². The lowest BCUT2D eigenvalue weighted by molar-refractivity contribution is 0.565. The molecule has 0 bridgehead atoms. The fourth-order valence-electron chi connectivity index (χ4n) is 1.36. The number of nitrogens with zero attached hydrogens (tertiary/aromatic N) is 2. The summed E-state index contributed by atoms with van der Waals surface area (Å²) in [5, 5.41) is 0.267. The Kier molecular flexibility index (Phi) is 2.72. The third-order valence-electron chi connectivity index (χ3n) is 2.28. The van der Waals surface area contributed by atoms with Crippen LogP contribution in [-0.2, 0) is 5.41 Å². The Morgan fingerprint density at radius 2 is 2.00 bits per heavy atom. The van der Waals surface area contributed by atoms with Crippen molar-refractivity contribution in [2.75, 3.05) is 0 Å². The molecule has 2 aromatic heterocycles. The molecule has 0 atom stereocenters. The highest BCUT2D eigenvalue weighted by molar-refractivity contribution is 6.28. The third-order valence-corrected chi connectivity index (χ3v) is 2.45. The van der Waals surface area contributed by atoms with Crippen LogP contribution >= 0.6 is 11.6 Å². The smallest absolute Gasteiger partial charge is 0.223 e. The quantitative estimate of drug-likeness (QED) is 0.709. The van der Waals surface area contributed by atoms with Gasteiger partial charge in [0.1, 0.15) is 0 Å². The first-order chi connectivity index (χ1) is 7.47. The predicted octanol–water partition coefficient (Wildman–Crippen LogP) is 3.69. The molecule has 0 aliphatic carbocycles. The first kappa shape index (κ1) is 11.1. The van der Waals surface area contributed by atoms with Gasteiger partial charge in [0.05, 0.1) is 23.9 Å². The molecule has 4 heteroatoms. The van der Waals surface area contributed by atoms with Crippen molar-refractivity contribution in [3.05, 3.63) is 35.6 Å². The molecule has 0 amide bonds. The Labute approximate surface area is 99.5 Å². The van der Waals surface area contributed by atoms with Gasteiger partial charge in [0.25, 0.3) is 0 Å². The van der Waals surface area contributed by atoms with Crippen LogP contribution in [0.25, 0.3) is 11.3 Å². The summed E-state index contributed by atoms with van der Waals surface area (Å²) in [5.41, 5.74) is 2.57. The number of hydrogen-bond donors (Lipinski definition) is 0. The van der Waals surface area contributed by atoms with Crippen LogP contribution < -0.4 is 0 Å². The zero-order valence-corrected chi connectivity index (χ0v) is 10.2. The molecule has 0 unspecified atom stereocenters. The van der Waals surface area contributed by atoms with Crippen LogP contribution in [-0.4, -0.2) is 9.97 Å². The maximum Gasteiger partial charge on any atom is 0.223 e. The molecule has 3 nitrogen and oxygen atoms in total. The van der Waals surface area contributed by atoms with E-state index in [9.17, 15) is 0 Å². The van der Waals surface area contributed by atoms with Crippen LogP contribution in [0.4, 0.5) is 0 Å². The van der Waals surface area contributed by atoms with Gasteiger partial charge in [-0.2, -0.15) is 0 Å². The standard InChI is InChI=1S/C12H13ClN2O/c1-12(2,3)10-6-9(14-11(13)15-10)8-4-5-16-7-8/h4-7H,1-3H3. The van der Waals surface area contributed by atoms with Crippen LogP contribution in [0.2, 0.25) is 5.28 Å². The summed E-state index contributed by atoms with van der Waals surface area (Å²) in [5.74, 6) is 0. The fourth-order valence-corrected chi connectivity index (χ4v) is 1.54. The SMILES string of the molecule is CC(C)(C)c1cc(-c2ccoc2)nc(Cl)n1. The second-order valence-corrected chi connectivity index (χ2v) is 5.01. The van der Waals surface area contributed by atoms with Gasteiger partial charge in [-0.3, -0.25) is 0 Å². The highest BCUT2D eigenvalue weighted by atomic mass is 35.5. The van der Waals surface area contributed by atoms with E-state index in [2.05, 4.69) is 30.7 Å². The Morgan fingerprint density at radius 1 is 1.25 bits per heavy atom. The minimum atomic E-state index is -0.0505. The Morgan fingerprint density at radius 3 is 2.56 bits per heavy atom. The van der Waals surface area contributed by atoms with Gasteiger partial charge in [-0.25, -0.2) is 9.97 Å². The summed E-state index contributed by atoms with van der Waals surface area (Å²) in [6.45, 7) is 6.26. The van der Waals surface area contributed by atoms with E-state index in [4.69, 9.17) is 16.0 Å². The van der Waals surface area contributed by atoms with E-state index in [0.29, 0.717) is 0 Å². The topological polar surface area (TPSA) is 38.9 Å². The van der Waals surface area contributed by atoms with Gasteiger partial charge >= 0.3 is 0 Å². The first-order valence-corrected chi connectivity index (χ1v) is 5.42. The molecule has 2 heterocycles. The first-order valence-electron chi connectivity index (χ1n) is 5.04. The summed E-state index contributed by atoms with van der Waals surface area (Å²) in [6, 6.07) is 3.79. The van der Waals surface area contributed by atoms with Gasteiger partial charge in [-0.05, 0) is 23.7 Å². The zero-order chi connectivity index (χ0) is 11.8. The van der Waals surface area contributed by atoms with E-state index >= 15 is 0 Å². The minimum absolute atomic E-state index is 0.0505. The van der Waals surface area contributed by atoms with Gasteiger partial charge < -0.3 is 4.42 Å². The molecule has 0 saturated carbocycles. The van der Waals surface area contributed by atoms with Crippen molar-refractivity contribution in [1.82, 2.24) is 9.97 Å². The Balaban J connectivity index is 2.53. The largest absolute Gasteiger partial charge is 0.472 e. The molecule has 84 valence electrons. The van der Waals surface area contributed by atoms with Crippen LogP contribution in [0.1, 0.15) is 26.5 Å².